The molecule has 0 atom stereocenters. The molecule has 18 heavy (non-hydrogen) atoms. The quantitative estimate of drug-likeness (QED) is 0.852. The van der Waals surface area contributed by atoms with Crippen molar-refractivity contribution < 1.29 is 9.90 Å². The van der Waals surface area contributed by atoms with Crippen LogP contribution < -0.4 is 0 Å². The number of hydrogen-bond acceptors (Lipinski definition) is 5. The first-order chi connectivity index (χ1) is 8.74. The Morgan fingerprint density at radius 3 is 3.06 bits per heavy atom. The van der Waals surface area contributed by atoms with Crippen molar-refractivity contribution in [1.82, 2.24) is 14.8 Å². The lowest BCUT2D eigenvalue weighted by atomic mass is 10.3. The topological polar surface area (TPSA) is 68.0 Å². The van der Waals surface area contributed by atoms with Crippen molar-refractivity contribution in [3.63, 3.8) is 0 Å². The number of aliphatic carboxylic acids is 1. The summed E-state index contributed by atoms with van der Waals surface area (Å²) in [5.74, 6) is -0.225. The van der Waals surface area contributed by atoms with Gasteiger partial charge in [-0.15, -0.1) is 11.3 Å². The van der Waals surface area contributed by atoms with Crippen molar-refractivity contribution in [3.05, 3.63) is 23.3 Å². The number of hydrogen-bond donors (Lipinski definition) is 1. The summed E-state index contributed by atoms with van der Waals surface area (Å²) in [6.07, 6.45) is 4.08. The van der Waals surface area contributed by atoms with Gasteiger partial charge in [0.25, 0.3) is 0 Å². The van der Waals surface area contributed by atoms with Gasteiger partial charge in [-0.2, -0.15) is 9.78 Å². The molecule has 0 saturated heterocycles. The average Bonchev–Trinajstić information content (AvgIpc) is 2.91. The molecule has 0 amide bonds. The van der Waals surface area contributed by atoms with Crippen LogP contribution in [-0.2, 0) is 4.79 Å². The highest BCUT2D eigenvalue weighted by Gasteiger charge is 2.28. The van der Waals surface area contributed by atoms with E-state index in [9.17, 15) is 4.79 Å². The molecular formula is C11H11N3O2S2. The lowest BCUT2D eigenvalue weighted by Crippen LogP contribution is -2.02. The Hall–Kier alpha value is -1.34. The van der Waals surface area contributed by atoms with Crippen LogP contribution in [0, 0.1) is 0 Å². The van der Waals surface area contributed by atoms with Gasteiger partial charge in [0.15, 0.2) is 0 Å². The summed E-state index contributed by atoms with van der Waals surface area (Å²) in [7, 11) is 0. The van der Waals surface area contributed by atoms with Crippen molar-refractivity contribution in [3.8, 4) is 5.13 Å². The van der Waals surface area contributed by atoms with Gasteiger partial charge < -0.3 is 5.11 Å². The van der Waals surface area contributed by atoms with Gasteiger partial charge in [-0.1, -0.05) is 11.8 Å². The molecule has 0 spiro atoms. The second-order valence-electron chi connectivity index (χ2n) is 4.09. The highest BCUT2D eigenvalue weighted by molar-refractivity contribution is 7.99. The molecule has 0 aromatic carbocycles. The van der Waals surface area contributed by atoms with Gasteiger partial charge in [-0.05, 0) is 18.9 Å². The lowest BCUT2D eigenvalue weighted by molar-refractivity contribution is -0.133. The Morgan fingerprint density at radius 1 is 1.61 bits per heavy atom. The molecule has 0 unspecified atom stereocenters. The number of carboxylic acid groups (broad SMARTS) is 1. The minimum absolute atomic E-state index is 0.0428. The van der Waals surface area contributed by atoms with Crippen molar-refractivity contribution in [2.45, 2.75) is 23.8 Å². The number of thiazole rings is 1. The minimum atomic E-state index is -0.820. The van der Waals surface area contributed by atoms with Crippen LogP contribution in [0.4, 0.5) is 0 Å². The van der Waals surface area contributed by atoms with Crippen molar-refractivity contribution >= 4 is 29.1 Å². The summed E-state index contributed by atoms with van der Waals surface area (Å²) in [6.45, 7) is 0. The Labute approximate surface area is 112 Å². The van der Waals surface area contributed by atoms with Crippen LogP contribution in [0.25, 0.3) is 5.13 Å². The predicted molar refractivity (Wildman–Crippen MR) is 69.6 cm³/mol. The third-order valence-electron chi connectivity index (χ3n) is 2.64. The number of thioether (sulfide) groups is 1. The van der Waals surface area contributed by atoms with Crippen molar-refractivity contribution in [1.29, 1.82) is 0 Å². The molecule has 0 bridgehead atoms. The maximum Gasteiger partial charge on any atom is 0.313 e. The largest absolute Gasteiger partial charge is 0.481 e. The number of aromatic nitrogens is 3. The summed E-state index contributed by atoms with van der Waals surface area (Å²) in [5.41, 5.74) is 1.05. The van der Waals surface area contributed by atoms with E-state index in [-0.39, 0.29) is 5.75 Å². The van der Waals surface area contributed by atoms with E-state index in [1.165, 1.54) is 35.9 Å². The molecule has 2 aromatic heterocycles. The number of carboxylic acids is 1. The SMILES string of the molecule is O=C(O)CSc1cc(C2CC2)nn1-c1nccs1. The maximum atomic E-state index is 10.7. The van der Waals surface area contributed by atoms with E-state index in [4.69, 9.17) is 5.11 Å². The highest BCUT2D eigenvalue weighted by Crippen LogP contribution is 2.41. The van der Waals surface area contributed by atoms with Gasteiger partial charge in [0.2, 0.25) is 5.13 Å². The van der Waals surface area contributed by atoms with Gasteiger partial charge in [-0.3, -0.25) is 4.79 Å². The van der Waals surface area contributed by atoms with Crippen molar-refractivity contribution in [2.75, 3.05) is 5.75 Å². The Bertz CT molecular complexity index is 561. The summed E-state index contributed by atoms with van der Waals surface area (Å²) >= 11 is 2.79. The molecule has 94 valence electrons. The molecule has 2 heterocycles. The van der Waals surface area contributed by atoms with Gasteiger partial charge in [-0.25, -0.2) is 4.98 Å². The van der Waals surface area contributed by atoms with E-state index in [1.807, 2.05) is 11.4 Å². The zero-order valence-electron chi connectivity index (χ0n) is 9.44. The number of rotatable bonds is 5. The van der Waals surface area contributed by atoms with Gasteiger partial charge in [0.1, 0.15) is 5.03 Å². The zero-order valence-corrected chi connectivity index (χ0v) is 11.1. The maximum absolute atomic E-state index is 10.7. The van der Waals surface area contributed by atoms with Gasteiger partial charge >= 0.3 is 5.97 Å². The van der Waals surface area contributed by atoms with Gasteiger partial charge in [0.05, 0.1) is 11.4 Å². The number of nitrogens with zero attached hydrogens (tertiary/aromatic N) is 3. The third-order valence-corrected chi connectivity index (χ3v) is 4.36. The molecule has 2 aromatic rings. The Morgan fingerprint density at radius 2 is 2.44 bits per heavy atom. The lowest BCUT2D eigenvalue weighted by Gasteiger charge is -2.01. The van der Waals surface area contributed by atoms with Crippen LogP contribution >= 0.6 is 23.1 Å². The second-order valence-corrected chi connectivity index (χ2v) is 5.96. The normalized spacial score (nSPS) is 14.9. The first kappa shape index (κ1) is 11.7. The zero-order chi connectivity index (χ0) is 12.5. The minimum Gasteiger partial charge on any atom is -0.481 e. The Kier molecular flexibility index (Phi) is 3.09. The fourth-order valence-corrected chi connectivity index (χ4v) is 3.04. The predicted octanol–water partition coefficient (Wildman–Crippen LogP) is 2.38. The van der Waals surface area contributed by atoms with Crippen LogP contribution in [0.15, 0.2) is 22.7 Å². The van der Waals surface area contributed by atoms with E-state index in [0.717, 1.165) is 15.9 Å². The smallest absolute Gasteiger partial charge is 0.313 e. The summed E-state index contributed by atoms with van der Waals surface area (Å²) in [4.78, 5) is 14.9. The first-order valence-corrected chi connectivity index (χ1v) is 7.45. The fraction of sp³-hybridized carbons (Fsp3) is 0.364. The molecule has 3 rings (SSSR count). The van der Waals surface area contributed by atoms with E-state index in [0.29, 0.717) is 5.92 Å². The molecule has 1 aliphatic rings. The fourth-order valence-electron chi connectivity index (χ4n) is 1.66. The second kappa shape index (κ2) is 4.74. The average molecular weight is 281 g/mol. The van der Waals surface area contributed by atoms with E-state index in [2.05, 4.69) is 10.1 Å². The summed E-state index contributed by atoms with van der Waals surface area (Å²) in [5, 5.41) is 16.8. The molecule has 5 nitrogen and oxygen atoms in total. The molecular weight excluding hydrogens is 270 g/mol. The van der Waals surface area contributed by atoms with Crippen LogP contribution in [0.2, 0.25) is 0 Å². The van der Waals surface area contributed by atoms with Crippen LogP contribution in [-0.4, -0.2) is 31.6 Å². The van der Waals surface area contributed by atoms with Crippen LogP contribution in [0.5, 0.6) is 0 Å². The number of carbonyl (C=O) groups is 1. The molecule has 0 aliphatic heterocycles. The molecule has 1 fully saturated rings. The molecule has 1 aliphatic carbocycles. The van der Waals surface area contributed by atoms with E-state index >= 15 is 0 Å². The molecule has 7 heteroatoms. The summed E-state index contributed by atoms with van der Waals surface area (Å²) in [6, 6.07) is 1.99. The van der Waals surface area contributed by atoms with E-state index in [1.54, 1.807) is 10.9 Å². The molecule has 1 N–H and O–H groups in total. The van der Waals surface area contributed by atoms with Crippen LogP contribution in [0.1, 0.15) is 24.5 Å². The first-order valence-electron chi connectivity index (χ1n) is 5.58. The van der Waals surface area contributed by atoms with Gasteiger partial charge in [0, 0.05) is 17.5 Å². The highest BCUT2D eigenvalue weighted by atomic mass is 32.2. The van der Waals surface area contributed by atoms with Crippen molar-refractivity contribution in [2.24, 2.45) is 0 Å². The standard InChI is InChI=1S/C11H11N3O2S2/c15-10(16)6-18-9-5-8(7-1-2-7)13-14(9)11-12-3-4-17-11/h3-5,7H,1-2,6H2,(H,15,16). The molecule has 1 saturated carbocycles. The monoisotopic (exact) mass is 281 g/mol. The third kappa shape index (κ3) is 2.41. The summed E-state index contributed by atoms with van der Waals surface area (Å²) < 4.78 is 1.76. The molecule has 0 radical (unpaired) electrons. The van der Waals surface area contributed by atoms with E-state index < -0.39 is 5.97 Å². The van der Waals surface area contributed by atoms with Crippen LogP contribution in [0.3, 0.4) is 0 Å². The Balaban J connectivity index is 1.91.